The largest absolute Gasteiger partial charge is 0.462 e. The Hall–Kier alpha value is -4.24. The summed E-state index contributed by atoms with van der Waals surface area (Å²) in [4.78, 5) is 103. The van der Waals surface area contributed by atoms with Crippen molar-refractivity contribution in [3.8, 4) is 0 Å². The van der Waals surface area contributed by atoms with Crippen LogP contribution in [0.5, 0.6) is 0 Å². The van der Waals surface area contributed by atoms with Crippen molar-refractivity contribution in [2.75, 3.05) is 0 Å². The lowest BCUT2D eigenvalue weighted by Gasteiger charge is -2.60. The van der Waals surface area contributed by atoms with Gasteiger partial charge in [-0.2, -0.15) is 0 Å². The van der Waals surface area contributed by atoms with E-state index in [9.17, 15) is 38.4 Å². The molecule has 24 fully saturated rings. The highest BCUT2D eigenvalue weighted by molar-refractivity contribution is 5.79. The molecule has 24 aliphatic rings. The highest BCUT2D eigenvalue weighted by Crippen LogP contribution is 2.67. The van der Waals surface area contributed by atoms with Crippen LogP contribution in [0.2, 0.25) is 0 Å². The van der Waals surface area contributed by atoms with Crippen molar-refractivity contribution in [1.29, 1.82) is 0 Å². The summed E-state index contributed by atoms with van der Waals surface area (Å²) in [5, 5.41) is 0. The topological polar surface area (TPSA) is 210 Å². The number of esters is 8. The molecular formula is C100H152O16. The molecule has 0 aromatic heterocycles. The van der Waals surface area contributed by atoms with Gasteiger partial charge in [0.25, 0.3) is 0 Å². The summed E-state index contributed by atoms with van der Waals surface area (Å²) >= 11 is 0. The number of rotatable bonds is 22. The first-order valence-electron chi connectivity index (χ1n) is 49.0. The molecule has 24 bridgehead atoms. The molecule has 18 atom stereocenters. The van der Waals surface area contributed by atoms with E-state index >= 15 is 0 Å². The Kier molecular flexibility index (Phi) is 23.3. The predicted octanol–water partition coefficient (Wildman–Crippen LogP) is 20.6. The lowest BCUT2D eigenvalue weighted by molar-refractivity contribution is -0.217. The molecule has 18 unspecified atom stereocenters. The van der Waals surface area contributed by atoms with Gasteiger partial charge in [0.15, 0.2) is 0 Å². The SMILES string of the molecule is CCC(C)(C)C(=O)OC1CC2CC(C(=O)OC3(C)C4CC5CC(C4)CC3C5)C1C2.CCC(C)(C)C(=O)OC1CC2CC(C(=O)OC3(CC)C4CC5CC(C4)CC3C5)C1C2.CCC(C)C(=O)OC1CC2CC(C(=O)OC3(C)C4CC5CC(C4)CC3C5)C1C2.CCC(C)C(=O)OC1CC2CC(C(=O)OC3(CC)C4CC5CC(C4)CC3C5)C1C2. The average Bonchev–Trinajstić information content (AvgIpc) is 1.58. The Morgan fingerprint density at radius 3 is 0.716 bits per heavy atom. The summed E-state index contributed by atoms with van der Waals surface area (Å²) in [7, 11) is 0. The molecule has 0 amide bonds. The zero-order chi connectivity index (χ0) is 81.8. The maximum atomic E-state index is 13.5. The molecule has 0 spiro atoms. The van der Waals surface area contributed by atoms with Gasteiger partial charge in [-0.15, -0.1) is 0 Å². The number of carbonyl (C=O) groups excluding carboxylic acids is 8. The van der Waals surface area contributed by atoms with E-state index in [-0.39, 0.29) is 154 Å². The van der Waals surface area contributed by atoms with Crippen LogP contribution in [0.4, 0.5) is 0 Å². The Morgan fingerprint density at radius 2 is 0.500 bits per heavy atom. The monoisotopic (exact) mass is 1610 g/mol. The summed E-state index contributed by atoms with van der Waals surface area (Å²) in [6.45, 7) is 28.6. The molecule has 648 valence electrons. The van der Waals surface area contributed by atoms with Crippen LogP contribution in [0.3, 0.4) is 0 Å². The van der Waals surface area contributed by atoms with E-state index in [1.165, 1.54) is 128 Å². The lowest BCUT2D eigenvalue weighted by atomic mass is 9.49. The molecule has 0 N–H and O–H groups in total. The first kappa shape index (κ1) is 84.0. The molecule has 24 rings (SSSR count). The molecule has 116 heavy (non-hydrogen) atoms. The Labute approximate surface area is 696 Å². The molecule has 0 aromatic carbocycles. The summed E-state index contributed by atoms with van der Waals surface area (Å²) in [6.07, 6.45) is 41.9. The van der Waals surface area contributed by atoms with Crippen LogP contribution < -0.4 is 0 Å². The minimum Gasteiger partial charge on any atom is -0.462 e. The molecular weight excluding hydrogens is 1460 g/mol. The van der Waals surface area contributed by atoms with Crippen LogP contribution >= 0.6 is 0 Å². The number of fused-ring (bicyclic) bond motifs is 8. The average molecular weight is 1610 g/mol. The number of carbonyl (C=O) groups is 8. The van der Waals surface area contributed by atoms with E-state index in [0.717, 1.165) is 163 Å². The second-order valence-corrected chi connectivity index (χ2v) is 46.2. The van der Waals surface area contributed by atoms with Crippen molar-refractivity contribution in [3.63, 3.8) is 0 Å². The van der Waals surface area contributed by atoms with Crippen LogP contribution in [-0.2, 0) is 76.3 Å². The minimum absolute atomic E-state index is 0.00275. The van der Waals surface area contributed by atoms with Gasteiger partial charge in [0.1, 0.15) is 46.8 Å². The second-order valence-electron chi connectivity index (χ2n) is 46.2. The Bertz CT molecular complexity index is 3550. The molecule has 0 aromatic rings. The third kappa shape index (κ3) is 15.3. The summed E-state index contributed by atoms with van der Waals surface area (Å²) < 4.78 is 49.5. The van der Waals surface area contributed by atoms with Crippen molar-refractivity contribution >= 4 is 47.8 Å². The van der Waals surface area contributed by atoms with Gasteiger partial charge in [0.2, 0.25) is 0 Å². The Morgan fingerprint density at radius 1 is 0.284 bits per heavy atom. The smallest absolute Gasteiger partial charge is 0.311 e. The van der Waals surface area contributed by atoms with Gasteiger partial charge in [-0.1, -0.05) is 55.4 Å². The van der Waals surface area contributed by atoms with Gasteiger partial charge >= 0.3 is 47.8 Å². The molecule has 24 aliphatic carbocycles. The van der Waals surface area contributed by atoms with Crippen LogP contribution in [0, 0.1) is 188 Å². The fraction of sp³-hybridized carbons (Fsp3) is 0.920. The van der Waals surface area contributed by atoms with Gasteiger partial charge in [0, 0.05) is 23.7 Å². The zero-order valence-electron chi connectivity index (χ0n) is 74.0. The van der Waals surface area contributed by atoms with E-state index in [1.807, 2.05) is 69.2 Å². The molecule has 0 aliphatic heterocycles. The lowest BCUT2D eigenvalue weighted by Crippen LogP contribution is -2.60. The van der Waals surface area contributed by atoms with Gasteiger partial charge in [-0.05, 0) is 404 Å². The van der Waals surface area contributed by atoms with Crippen molar-refractivity contribution in [2.45, 2.75) is 388 Å². The summed E-state index contributed by atoms with van der Waals surface area (Å²) in [5.74, 6) is 13.5. The van der Waals surface area contributed by atoms with Crippen molar-refractivity contribution in [1.82, 2.24) is 0 Å². The Balaban J connectivity index is 0.000000111. The van der Waals surface area contributed by atoms with Crippen molar-refractivity contribution in [3.05, 3.63) is 0 Å². The van der Waals surface area contributed by atoms with Gasteiger partial charge in [-0.25, -0.2) is 0 Å². The highest BCUT2D eigenvalue weighted by atomic mass is 16.6. The highest BCUT2D eigenvalue weighted by Gasteiger charge is 2.66. The fourth-order valence-corrected chi connectivity index (χ4v) is 31.8. The standard InChI is InChI=1S/C26H40O4.2C25H38O4.C24H36O4/c1-5-25(3,4)24(28)29-22-14-17-12-20(22)21(13-17)23(27)30-26(6-2)18-8-15-7-16(10-18)11-19(26)9-15;1-5-24(2,3)23(27)28-21-13-16-11-19(21)20(12-16)22(26)29-25(4)17-7-14-6-15(9-17)10-18(25)8-14;1-4-14(3)23(26)28-22-13-17-11-20(22)21(12-17)24(27)29-25(5-2)18-7-15-6-16(9-18)10-19(25)8-15;1-4-13(2)22(25)27-21-12-16-10-19(21)20(11-16)23(26)28-24(3)17-6-14-5-15(8-17)9-18(24)7-14/h15-22H,5-14H2,1-4H3;14-21H,5-13H2,1-4H3;14-22H,4-13H2,1-3H3;13-21H,4-12H2,1-3H3. The van der Waals surface area contributed by atoms with Crippen LogP contribution in [0.25, 0.3) is 0 Å². The van der Waals surface area contributed by atoms with E-state index in [0.29, 0.717) is 71.0 Å². The van der Waals surface area contributed by atoms with Gasteiger partial charge in [-0.3, -0.25) is 38.4 Å². The van der Waals surface area contributed by atoms with Crippen molar-refractivity contribution in [2.24, 2.45) is 188 Å². The molecule has 24 saturated carbocycles. The number of hydrogen-bond donors (Lipinski definition) is 0. The summed E-state index contributed by atoms with van der Waals surface area (Å²) in [6, 6.07) is 0. The molecule has 16 heteroatoms. The number of hydrogen-bond acceptors (Lipinski definition) is 16. The zero-order valence-corrected chi connectivity index (χ0v) is 74.0. The normalized spacial score (nSPS) is 47.7. The first-order valence-corrected chi connectivity index (χ1v) is 49.0. The minimum atomic E-state index is -0.454. The van der Waals surface area contributed by atoms with E-state index in [2.05, 4.69) is 27.7 Å². The predicted molar refractivity (Wildman–Crippen MR) is 439 cm³/mol. The third-order valence-electron chi connectivity index (χ3n) is 39.1. The first-order chi connectivity index (χ1) is 55.2. The van der Waals surface area contributed by atoms with Crippen LogP contribution in [0.1, 0.15) is 341 Å². The molecule has 0 saturated heterocycles. The van der Waals surface area contributed by atoms with E-state index in [1.54, 1.807) is 0 Å². The van der Waals surface area contributed by atoms with E-state index < -0.39 is 10.8 Å². The van der Waals surface area contributed by atoms with Crippen molar-refractivity contribution < 1.29 is 76.3 Å². The van der Waals surface area contributed by atoms with Crippen LogP contribution in [-0.4, -0.2) is 94.6 Å². The van der Waals surface area contributed by atoms with E-state index in [4.69, 9.17) is 37.9 Å². The maximum Gasteiger partial charge on any atom is 0.311 e. The third-order valence-corrected chi connectivity index (χ3v) is 39.1. The van der Waals surface area contributed by atoms with Gasteiger partial charge < -0.3 is 37.9 Å². The second kappa shape index (κ2) is 32.1. The fourth-order valence-electron chi connectivity index (χ4n) is 31.8. The van der Waals surface area contributed by atoms with Gasteiger partial charge in [0.05, 0.1) is 46.3 Å². The molecule has 0 heterocycles. The molecule has 16 nitrogen and oxygen atoms in total. The molecule has 0 radical (unpaired) electrons. The maximum absolute atomic E-state index is 13.5. The summed E-state index contributed by atoms with van der Waals surface area (Å²) in [5.41, 5.74) is -1.86. The quantitative estimate of drug-likeness (QED) is 0.0729. The number of ether oxygens (including phenoxy) is 8. The van der Waals surface area contributed by atoms with Crippen LogP contribution in [0.15, 0.2) is 0 Å².